The van der Waals surface area contributed by atoms with E-state index in [-0.39, 0.29) is 5.82 Å². The van der Waals surface area contributed by atoms with Gasteiger partial charge in [-0.2, -0.15) is 0 Å². The summed E-state index contributed by atoms with van der Waals surface area (Å²) in [5.74, 6) is -0.184. The van der Waals surface area contributed by atoms with Gasteiger partial charge in [-0.1, -0.05) is 25.1 Å². The highest BCUT2D eigenvalue weighted by Gasteiger charge is 2.12. The van der Waals surface area contributed by atoms with Crippen molar-refractivity contribution in [3.63, 3.8) is 0 Å². The van der Waals surface area contributed by atoms with Gasteiger partial charge in [0, 0.05) is 24.5 Å². The Balaban J connectivity index is 2.32. The van der Waals surface area contributed by atoms with Gasteiger partial charge in [0.2, 0.25) is 0 Å². The van der Waals surface area contributed by atoms with Crippen molar-refractivity contribution in [3.8, 4) is 0 Å². The number of halogens is 1. The molecule has 0 heterocycles. The van der Waals surface area contributed by atoms with Gasteiger partial charge < -0.3 is 10.2 Å². The van der Waals surface area contributed by atoms with Gasteiger partial charge in [0.15, 0.2) is 0 Å². The molecule has 2 aromatic rings. The summed E-state index contributed by atoms with van der Waals surface area (Å²) in [5.41, 5.74) is 3.19. The van der Waals surface area contributed by atoms with E-state index in [0.29, 0.717) is 6.54 Å². The van der Waals surface area contributed by atoms with Crippen LogP contribution in [0.4, 0.5) is 15.8 Å². The van der Waals surface area contributed by atoms with Gasteiger partial charge in [-0.05, 0) is 55.8 Å². The van der Waals surface area contributed by atoms with Gasteiger partial charge in [0.25, 0.3) is 0 Å². The van der Waals surface area contributed by atoms with Crippen molar-refractivity contribution in [2.45, 2.75) is 26.8 Å². The molecule has 0 amide bonds. The van der Waals surface area contributed by atoms with Crippen LogP contribution in [-0.4, -0.2) is 13.1 Å². The summed E-state index contributed by atoms with van der Waals surface area (Å²) in [6.45, 7) is 6.70. The predicted molar refractivity (Wildman–Crippen MR) is 87.5 cm³/mol. The fourth-order valence-corrected chi connectivity index (χ4v) is 2.46. The van der Waals surface area contributed by atoms with Crippen molar-refractivity contribution in [3.05, 3.63) is 59.9 Å². The zero-order valence-electron chi connectivity index (χ0n) is 12.8. The molecule has 0 aromatic heterocycles. The van der Waals surface area contributed by atoms with Gasteiger partial charge in [-0.15, -0.1) is 0 Å². The number of anilines is 2. The van der Waals surface area contributed by atoms with E-state index < -0.39 is 0 Å². The summed E-state index contributed by atoms with van der Waals surface area (Å²) >= 11 is 0. The maximum Gasteiger partial charge on any atom is 0.123 e. The van der Waals surface area contributed by atoms with Crippen LogP contribution in [0.25, 0.3) is 0 Å². The first-order valence-corrected chi connectivity index (χ1v) is 7.58. The van der Waals surface area contributed by atoms with Gasteiger partial charge in [-0.25, -0.2) is 4.39 Å². The first kappa shape index (κ1) is 15.5. The normalized spacial score (nSPS) is 10.6. The standard InChI is InChI=1S/C18H23FN2/c1-3-12-20-14-15-13-16(19)10-11-18(15)21(4-2)17-8-6-5-7-9-17/h5-11,13,20H,3-4,12,14H2,1-2H3. The average Bonchev–Trinajstić information content (AvgIpc) is 2.51. The third kappa shape index (κ3) is 4.05. The Morgan fingerprint density at radius 2 is 1.81 bits per heavy atom. The lowest BCUT2D eigenvalue weighted by Gasteiger charge is -2.26. The summed E-state index contributed by atoms with van der Waals surface area (Å²) in [5, 5.41) is 3.36. The first-order valence-electron chi connectivity index (χ1n) is 7.58. The molecule has 0 saturated heterocycles. The number of nitrogens with zero attached hydrogens (tertiary/aromatic N) is 1. The molecular weight excluding hydrogens is 263 g/mol. The molecule has 3 heteroatoms. The maximum absolute atomic E-state index is 13.6. The van der Waals surface area contributed by atoms with Crippen LogP contribution >= 0.6 is 0 Å². The van der Waals surface area contributed by atoms with Crippen LogP contribution in [0.3, 0.4) is 0 Å². The van der Waals surface area contributed by atoms with Crippen LogP contribution in [0.15, 0.2) is 48.5 Å². The van der Waals surface area contributed by atoms with Crippen molar-refractivity contribution in [2.75, 3.05) is 18.0 Å². The minimum Gasteiger partial charge on any atom is -0.342 e. The topological polar surface area (TPSA) is 15.3 Å². The third-order valence-electron chi connectivity index (χ3n) is 3.46. The molecule has 0 radical (unpaired) electrons. The summed E-state index contributed by atoms with van der Waals surface area (Å²) in [4.78, 5) is 2.21. The van der Waals surface area contributed by atoms with E-state index in [4.69, 9.17) is 0 Å². The summed E-state index contributed by atoms with van der Waals surface area (Å²) in [7, 11) is 0. The van der Waals surface area contributed by atoms with Crippen molar-refractivity contribution >= 4 is 11.4 Å². The minimum atomic E-state index is -0.184. The Hall–Kier alpha value is -1.87. The molecule has 2 rings (SSSR count). The molecule has 2 nitrogen and oxygen atoms in total. The smallest absolute Gasteiger partial charge is 0.123 e. The van der Waals surface area contributed by atoms with Crippen molar-refractivity contribution in [1.29, 1.82) is 0 Å². The van der Waals surface area contributed by atoms with Crippen LogP contribution in [-0.2, 0) is 6.54 Å². The van der Waals surface area contributed by atoms with Crippen LogP contribution in [0, 0.1) is 5.82 Å². The lowest BCUT2D eigenvalue weighted by Crippen LogP contribution is -2.21. The second kappa shape index (κ2) is 7.79. The molecule has 0 unspecified atom stereocenters. The van der Waals surface area contributed by atoms with Crippen molar-refractivity contribution in [2.24, 2.45) is 0 Å². The molecule has 0 aliphatic heterocycles. The average molecular weight is 286 g/mol. The zero-order chi connectivity index (χ0) is 15.1. The Morgan fingerprint density at radius 3 is 2.48 bits per heavy atom. The molecule has 0 bridgehead atoms. The van der Waals surface area contributed by atoms with Crippen LogP contribution in [0.1, 0.15) is 25.8 Å². The first-order chi connectivity index (χ1) is 10.3. The fraction of sp³-hybridized carbons (Fsp3) is 0.333. The summed E-state index contributed by atoms with van der Waals surface area (Å²) in [6.07, 6.45) is 1.07. The van der Waals surface area contributed by atoms with Crippen molar-refractivity contribution < 1.29 is 4.39 Å². The Kier molecular flexibility index (Phi) is 5.76. The largest absolute Gasteiger partial charge is 0.342 e. The van der Waals surface area contributed by atoms with Crippen LogP contribution in [0.5, 0.6) is 0 Å². The number of benzene rings is 2. The monoisotopic (exact) mass is 286 g/mol. The fourth-order valence-electron chi connectivity index (χ4n) is 2.46. The molecule has 0 saturated carbocycles. The molecule has 0 atom stereocenters. The van der Waals surface area contributed by atoms with E-state index in [1.54, 1.807) is 6.07 Å². The SMILES string of the molecule is CCCNCc1cc(F)ccc1N(CC)c1ccccc1. The Morgan fingerprint density at radius 1 is 1.05 bits per heavy atom. The van der Waals surface area contributed by atoms with E-state index in [2.05, 4.69) is 36.2 Å². The summed E-state index contributed by atoms with van der Waals surface area (Å²) in [6, 6.07) is 15.2. The van der Waals surface area contributed by atoms with E-state index in [1.807, 2.05) is 24.3 Å². The second-order valence-electron chi connectivity index (χ2n) is 5.03. The van der Waals surface area contributed by atoms with Gasteiger partial charge in [-0.3, -0.25) is 0 Å². The lowest BCUT2D eigenvalue weighted by molar-refractivity contribution is 0.619. The highest BCUT2D eigenvalue weighted by atomic mass is 19.1. The van der Waals surface area contributed by atoms with E-state index >= 15 is 0 Å². The zero-order valence-corrected chi connectivity index (χ0v) is 12.8. The Labute approximate surface area is 126 Å². The molecule has 0 aliphatic rings. The quantitative estimate of drug-likeness (QED) is 0.755. The number of nitrogens with one attached hydrogen (secondary N) is 1. The maximum atomic E-state index is 13.6. The molecule has 2 aromatic carbocycles. The second-order valence-corrected chi connectivity index (χ2v) is 5.03. The molecule has 0 fully saturated rings. The van der Waals surface area contributed by atoms with E-state index in [0.717, 1.165) is 36.4 Å². The predicted octanol–water partition coefficient (Wildman–Crippen LogP) is 4.48. The highest BCUT2D eigenvalue weighted by molar-refractivity contribution is 5.66. The van der Waals surface area contributed by atoms with Gasteiger partial charge >= 0.3 is 0 Å². The molecule has 0 aliphatic carbocycles. The number of hydrogen-bond donors (Lipinski definition) is 1. The highest BCUT2D eigenvalue weighted by Crippen LogP contribution is 2.28. The van der Waals surface area contributed by atoms with E-state index in [1.165, 1.54) is 6.07 Å². The van der Waals surface area contributed by atoms with Gasteiger partial charge in [0.1, 0.15) is 5.82 Å². The molecule has 112 valence electrons. The van der Waals surface area contributed by atoms with E-state index in [9.17, 15) is 4.39 Å². The van der Waals surface area contributed by atoms with Crippen LogP contribution < -0.4 is 10.2 Å². The van der Waals surface area contributed by atoms with Crippen molar-refractivity contribution in [1.82, 2.24) is 5.32 Å². The third-order valence-corrected chi connectivity index (χ3v) is 3.46. The number of rotatable bonds is 7. The molecule has 0 spiro atoms. The minimum absolute atomic E-state index is 0.184. The van der Waals surface area contributed by atoms with Gasteiger partial charge in [0.05, 0.1) is 0 Å². The van der Waals surface area contributed by atoms with Crippen LogP contribution in [0.2, 0.25) is 0 Å². The Bertz CT molecular complexity index is 554. The molecule has 1 N–H and O–H groups in total. The molecule has 21 heavy (non-hydrogen) atoms. The number of hydrogen-bond acceptors (Lipinski definition) is 2. The molecular formula is C18H23FN2. The summed E-state index contributed by atoms with van der Waals surface area (Å²) < 4.78 is 13.6. The number of para-hydroxylation sites is 1. The lowest BCUT2D eigenvalue weighted by atomic mass is 10.1.